The predicted octanol–water partition coefficient (Wildman–Crippen LogP) is 3.70. The van der Waals surface area contributed by atoms with E-state index < -0.39 is 6.10 Å². The summed E-state index contributed by atoms with van der Waals surface area (Å²) in [4.78, 5) is 4.31. The van der Waals surface area contributed by atoms with E-state index in [1.54, 1.807) is 6.20 Å². The second-order valence-corrected chi connectivity index (χ2v) is 5.74. The Kier molecular flexibility index (Phi) is 3.16. The molecule has 0 saturated carbocycles. The Morgan fingerprint density at radius 2 is 2.00 bits per heavy atom. The Hall–Kier alpha value is -1.41. The van der Waals surface area contributed by atoms with Crippen LogP contribution in [0.4, 0.5) is 0 Å². The van der Waals surface area contributed by atoms with Crippen molar-refractivity contribution in [1.29, 1.82) is 0 Å². The third-order valence-electron chi connectivity index (χ3n) is 2.82. The molecule has 0 bridgehead atoms. The number of rotatable bonds is 2. The summed E-state index contributed by atoms with van der Waals surface area (Å²) >= 11 is 0. The molecule has 0 radical (unpaired) electrons. The van der Waals surface area contributed by atoms with Crippen molar-refractivity contribution in [1.82, 2.24) is 4.98 Å². The Balaban J connectivity index is 2.30. The van der Waals surface area contributed by atoms with Gasteiger partial charge in [0.15, 0.2) is 0 Å². The van der Waals surface area contributed by atoms with Crippen molar-refractivity contribution in [2.45, 2.75) is 33.3 Å². The molecular weight excluding hydrogens is 210 g/mol. The van der Waals surface area contributed by atoms with E-state index in [2.05, 4.69) is 25.8 Å². The minimum atomic E-state index is -0.415. The third-order valence-corrected chi connectivity index (χ3v) is 2.82. The van der Waals surface area contributed by atoms with Crippen LogP contribution in [-0.2, 0) is 0 Å². The number of aliphatic hydroxyl groups excluding tert-OH is 1. The van der Waals surface area contributed by atoms with Crippen LogP contribution >= 0.6 is 0 Å². The monoisotopic (exact) mass is 229 g/mol. The standard InChI is InChI=1S/C15H19NO/c1-15(2,3)10-14(17)12-7-6-11-5-4-8-16-13(11)9-12/h4-9,14,17H,10H2,1-3H3. The summed E-state index contributed by atoms with van der Waals surface area (Å²) in [7, 11) is 0. The zero-order valence-corrected chi connectivity index (χ0v) is 10.6. The smallest absolute Gasteiger partial charge is 0.0795 e. The van der Waals surface area contributed by atoms with Crippen LogP contribution in [0.2, 0.25) is 0 Å². The van der Waals surface area contributed by atoms with Crippen LogP contribution in [0.25, 0.3) is 10.9 Å². The van der Waals surface area contributed by atoms with E-state index in [0.717, 1.165) is 22.9 Å². The number of nitrogens with zero attached hydrogens (tertiary/aromatic N) is 1. The molecule has 1 atom stereocenters. The highest BCUT2D eigenvalue weighted by Gasteiger charge is 2.18. The number of hydrogen-bond acceptors (Lipinski definition) is 2. The van der Waals surface area contributed by atoms with Crippen LogP contribution in [0.1, 0.15) is 38.9 Å². The van der Waals surface area contributed by atoms with Crippen molar-refractivity contribution in [3.05, 3.63) is 42.1 Å². The summed E-state index contributed by atoms with van der Waals surface area (Å²) < 4.78 is 0. The summed E-state index contributed by atoms with van der Waals surface area (Å²) in [6, 6.07) is 9.94. The predicted molar refractivity (Wildman–Crippen MR) is 70.8 cm³/mol. The lowest BCUT2D eigenvalue weighted by molar-refractivity contribution is 0.122. The zero-order valence-electron chi connectivity index (χ0n) is 10.6. The largest absolute Gasteiger partial charge is 0.388 e. The molecule has 0 aliphatic carbocycles. The minimum Gasteiger partial charge on any atom is -0.388 e. The summed E-state index contributed by atoms with van der Waals surface area (Å²) in [5, 5.41) is 11.3. The van der Waals surface area contributed by atoms with Crippen molar-refractivity contribution < 1.29 is 5.11 Å². The summed E-state index contributed by atoms with van der Waals surface area (Å²) in [5.41, 5.74) is 2.02. The SMILES string of the molecule is CC(C)(C)CC(O)c1ccc2cccnc2c1. The molecule has 1 unspecified atom stereocenters. The number of pyridine rings is 1. The molecule has 0 spiro atoms. The molecule has 17 heavy (non-hydrogen) atoms. The molecule has 1 aromatic carbocycles. The Morgan fingerprint density at radius 3 is 2.71 bits per heavy atom. The molecule has 2 heteroatoms. The molecule has 1 aromatic heterocycles. The fourth-order valence-electron chi connectivity index (χ4n) is 1.99. The van der Waals surface area contributed by atoms with Gasteiger partial charge in [-0.05, 0) is 29.5 Å². The fourth-order valence-corrected chi connectivity index (χ4v) is 1.99. The molecule has 0 saturated heterocycles. The molecule has 1 N–H and O–H groups in total. The quantitative estimate of drug-likeness (QED) is 0.851. The molecule has 2 nitrogen and oxygen atoms in total. The van der Waals surface area contributed by atoms with Gasteiger partial charge < -0.3 is 5.11 Å². The van der Waals surface area contributed by atoms with Gasteiger partial charge in [-0.25, -0.2) is 0 Å². The van der Waals surface area contributed by atoms with Crippen molar-refractivity contribution in [3.8, 4) is 0 Å². The minimum absolute atomic E-state index is 0.124. The maximum atomic E-state index is 10.2. The second kappa shape index (κ2) is 4.46. The lowest BCUT2D eigenvalue weighted by atomic mass is 9.87. The first-order chi connectivity index (χ1) is 7.96. The van der Waals surface area contributed by atoms with Crippen molar-refractivity contribution in [2.75, 3.05) is 0 Å². The lowest BCUT2D eigenvalue weighted by Crippen LogP contribution is -2.11. The molecule has 1 heterocycles. The molecule has 2 rings (SSSR count). The van der Waals surface area contributed by atoms with Crippen molar-refractivity contribution in [3.63, 3.8) is 0 Å². The van der Waals surface area contributed by atoms with Gasteiger partial charge in [-0.2, -0.15) is 0 Å². The van der Waals surface area contributed by atoms with Crippen LogP contribution in [0.3, 0.4) is 0 Å². The molecule has 90 valence electrons. The van der Waals surface area contributed by atoms with E-state index in [1.165, 1.54) is 0 Å². The molecule has 0 aliphatic rings. The summed E-state index contributed by atoms with van der Waals surface area (Å²) in [5.74, 6) is 0. The number of fused-ring (bicyclic) bond motifs is 1. The second-order valence-electron chi connectivity index (χ2n) is 5.74. The Bertz CT molecular complexity index is 514. The Labute approximate surface area is 102 Å². The number of hydrogen-bond donors (Lipinski definition) is 1. The first-order valence-corrected chi connectivity index (χ1v) is 5.98. The summed E-state index contributed by atoms with van der Waals surface area (Å²) in [6.07, 6.45) is 2.12. The number of aromatic nitrogens is 1. The molecule has 2 aromatic rings. The van der Waals surface area contributed by atoms with Crippen LogP contribution in [-0.4, -0.2) is 10.1 Å². The van der Waals surface area contributed by atoms with E-state index in [0.29, 0.717) is 0 Å². The highest BCUT2D eigenvalue weighted by molar-refractivity contribution is 5.78. The lowest BCUT2D eigenvalue weighted by Gasteiger charge is -2.22. The Morgan fingerprint density at radius 1 is 1.24 bits per heavy atom. The van der Waals surface area contributed by atoms with Crippen molar-refractivity contribution >= 4 is 10.9 Å². The molecule has 0 amide bonds. The third kappa shape index (κ3) is 3.04. The van der Waals surface area contributed by atoms with Crippen LogP contribution in [0, 0.1) is 5.41 Å². The van der Waals surface area contributed by atoms with Gasteiger partial charge in [0, 0.05) is 11.6 Å². The molecule has 0 aliphatic heterocycles. The van der Waals surface area contributed by atoms with Gasteiger partial charge in [-0.15, -0.1) is 0 Å². The number of benzene rings is 1. The normalized spacial score (nSPS) is 13.9. The number of aliphatic hydroxyl groups is 1. The van der Waals surface area contributed by atoms with Crippen molar-refractivity contribution in [2.24, 2.45) is 5.41 Å². The maximum absolute atomic E-state index is 10.2. The van der Waals surface area contributed by atoms with Crippen LogP contribution in [0.15, 0.2) is 36.5 Å². The van der Waals surface area contributed by atoms with Gasteiger partial charge in [-0.1, -0.05) is 39.0 Å². The summed E-state index contributed by atoms with van der Waals surface area (Å²) in [6.45, 7) is 6.40. The molecule has 0 fully saturated rings. The topological polar surface area (TPSA) is 33.1 Å². The van der Waals surface area contributed by atoms with Crippen LogP contribution in [0.5, 0.6) is 0 Å². The van der Waals surface area contributed by atoms with E-state index in [4.69, 9.17) is 0 Å². The van der Waals surface area contributed by atoms with Gasteiger partial charge >= 0.3 is 0 Å². The van der Waals surface area contributed by atoms with Gasteiger partial charge in [0.1, 0.15) is 0 Å². The van der Waals surface area contributed by atoms with Gasteiger partial charge in [0.05, 0.1) is 11.6 Å². The van der Waals surface area contributed by atoms with E-state index >= 15 is 0 Å². The highest BCUT2D eigenvalue weighted by atomic mass is 16.3. The molecular formula is C15H19NO. The van der Waals surface area contributed by atoms with E-state index in [9.17, 15) is 5.11 Å². The highest BCUT2D eigenvalue weighted by Crippen LogP contribution is 2.30. The van der Waals surface area contributed by atoms with E-state index in [1.807, 2.05) is 30.3 Å². The van der Waals surface area contributed by atoms with Gasteiger partial charge in [-0.3, -0.25) is 4.98 Å². The maximum Gasteiger partial charge on any atom is 0.0795 e. The van der Waals surface area contributed by atoms with Gasteiger partial charge in [0.25, 0.3) is 0 Å². The van der Waals surface area contributed by atoms with Gasteiger partial charge in [0.2, 0.25) is 0 Å². The average molecular weight is 229 g/mol. The van der Waals surface area contributed by atoms with E-state index in [-0.39, 0.29) is 5.41 Å². The first-order valence-electron chi connectivity index (χ1n) is 5.98. The fraction of sp³-hybridized carbons (Fsp3) is 0.400. The first kappa shape index (κ1) is 12.1. The average Bonchev–Trinajstić information content (AvgIpc) is 2.26. The zero-order chi connectivity index (χ0) is 12.5. The van der Waals surface area contributed by atoms with Crippen LogP contribution < -0.4 is 0 Å².